The molecule has 0 saturated heterocycles. The zero-order valence-corrected chi connectivity index (χ0v) is 11.3. The molecule has 2 rings (SSSR count). The summed E-state index contributed by atoms with van der Waals surface area (Å²) in [5.41, 5.74) is 0.498. The second-order valence-corrected chi connectivity index (χ2v) is 4.43. The Balaban J connectivity index is 2.57. The summed E-state index contributed by atoms with van der Waals surface area (Å²) in [7, 11) is 1.40. The van der Waals surface area contributed by atoms with Gasteiger partial charge in [-0.1, -0.05) is 6.04 Å². The van der Waals surface area contributed by atoms with Crippen molar-refractivity contribution in [3.8, 4) is 5.75 Å². The highest BCUT2D eigenvalue weighted by Crippen LogP contribution is 2.28. The Kier molecular flexibility index (Phi) is 2.99. The van der Waals surface area contributed by atoms with Crippen molar-refractivity contribution in [2.45, 2.75) is 25.8 Å². The van der Waals surface area contributed by atoms with Gasteiger partial charge in [0, 0.05) is 30.1 Å². The summed E-state index contributed by atoms with van der Waals surface area (Å²) in [6, 6.07) is 0.742. The third-order valence-corrected chi connectivity index (χ3v) is 2.84. The predicted molar refractivity (Wildman–Crippen MR) is 78.2 cm³/mol. The number of aliphatic carboxylic acids is 1. The second-order valence-electron chi connectivity index (χ2n) is 4.43. The minimum absolute atomic E-state index is 0.0104. The fourth-order valence-electron chi connectivity index (χ4n) is 1.82. The molecule has 5 nitrogen and oxygen atoms in total. The molecule has 20 heavy (non-hydrogen) atoms. The number of carboxylic acids is 1. The number of hydrogen-bond acceptors (Lipinski definition) is 4. The average molecular weight is 278 g/mol. The van der Waals surface area contributed by atoms with E-state index in [0.29, 0.717) is 11.8 Å². The zero-order valence-electron chi connectivity index (χ0n) is 15.3. The van der Waals surface area contributed by atoms with Crippen LogP contribution in [-0.2, 0) is 4.79 Å². The number of benzene rings is 1. The summed E-state index contributed by atoms with van der Waals surface area (Å²) in [4.78, 5) is 14.7. The molecule has 2 aromatic rings. The van der Waals surface area contributed by atoms with Gasteiger partial charge in [0.1, 0.15) is 5.75 Å². The normalized spacial score (nSPS) is 14.9. The number of carboxylic acid groups (broad SMARTS) is 1. The Morgan fingerprint density at radius 2 is 2.45 bits per heavy atom. The van der Waals surface area contributed by atoms with Gasteiger partial charge in [-0.25, -0.2) is 0 Å². The molecule has 0 radical (unpaired) electrons. The first-order chi connectivity index (χ1) is 11.3. The molecule has 0 bridgehead atoms. The van der Waals surface area contributed by atoms with E-state index in [9.17, 15) is 4.79 Å². The summed E-state index contributed by atoms with van der Waals surface area (Å²) in [6.45, 7) is 1.77. The van der Waals surface area contributed by atoms with Gasteiger partial charge in [0.2, 0.25) is 0 Å². The van der Waals surface area contributed by atoms with Crippen LogP contribution in [0.1, 0.15) is 25.2 Å². The van der Waals surface area contributed by atoms with Gasteiger partial charge in [0.25, 0.3) is 0 Å². The molecule has 1 heterocycles. The summed E-state index contributed by atoms with van der Waals surface area (Å²) >= 11 is 0. The molecule has 0 aliphatic carbocycles. The molecule has 0 spiro atoms. The molecule has 0 saturated carbocycles. The highest BCUT2D eigenvalue weighted by molar-refractivity contribution is 5.91. The van der Waals surface area contributed by atoms with Crippen molar-refractivity contribution in [3.05, 3.63) is 30.4 Å². The molecule has 0 aliphatic rings. The van der Waals surface area contributed by atoms with Crippen molar-refractivity contribution < 1.29 is 20.1 Å². The maximum absolute atomic E-state index is 10.7. The number of aromatic nitrogens is 1. The van der Waals surface area contributed by atoms with Gasteiger partial charge >= 0.3 is 5.97 Å². The smallest absolute Gasteiger partial charge is 0.303 e. The lowest BCUT2D eigenvalue weighted by molar-refractivity contribution is -0.137. The Morgan fingerprint density at radius 3 is 3.15 bits per heavy atom. The van der Waals surface area contributed by atoms with Crippen LogP contribution in [0.2, 0.25) is 0 Å². The van der Waals surface area contributed by atoms with Gasteiger partial charge in [-0.3, -0.25) is 9.78 Å². The Hall–Kier alpha value is -2.30. The van der Waals surface area contributed by atoms with Crippen molar-refractivity contribution in [1.82, 2.24) is 4.98 Å². The molecular formula is C15H18N2O3. The molecule has 0 amide bonds. The van der Waals surface area contributed by atoms with E-state index in [0.717, 1.165) is 0 Å². The average Bonchev–Trinajstić information content (AvgIpc) is 2.53. The maximum Gasteiger partial charge on any atom is 0.303 e. The monoisotopic (exact) mass is 278 g/mol. The minimum atomic E-state index is -0.913. The summed E-state index contributed by atoms with van der Waals surface area (Å²) in [5.74, 6) is -0.702. The quantitative estimate of drug-likeness (QED) is 0.850. The number of hydrogen-bond donors (Lipinski definition) is 2. The lowest BCUT2D eigenvalue weighted by atomic mass is 10.1. The van der Waals surface area contributed by atoms with Crippen LogP contribution in [0.5, 0.6) is 5.75 Å². The zero-order chi connectivity index (χ0) is 18.0. The van der Waals surface area contributed by atoms with Crippen LogP contribution in [0, 0.1) is 0 Å². The number of pyridine rings is 1. The van der Waals surface area contributed by atoms with Crippen molar-refractivity contribution in [3.63, 3.8) is 0 Å². The first kappa shape index (κ1) is 9.58. The summed E-state index contributed by atoms with van der Waals surface area (Å²) < 4.78 is 36.8. The van der Waals surface area contributed by atoms with Crippen molar-refractivity contribution in [2.75, 3.05) is 12.4 Å². The van der Waals surface area contributed by atoms with E-state index in [4.69, 9.17) is 15.3 Å². The van der Waals surface area contributed by atoms with E-state index in [1.807, 2.05) is 0 Å². The Bertz CT molecular complexity index is 798. The first-order valence-corrected chi connectivity index (χ1v) is 6.19. The topological polar surface area (TPSA) is 71.5 Å². The Morgan fingerprint density at radius 1 is 1.65 bits per heavy atom. The molecule has 1 aromatic carbocycles. The second kappa shape index (κ2) is 6.23. The van der Waals surface area contributed by atoms with E-state index < -0.39 is 5.97 Å². The molecule has 0 fully saturated rings. The van der Waals surface area contributed by atoms with Crippen LogP contribution in [-0.4, -0.2) is 29.2 Å². The first-order valence-electron chi connectivity index (χ1n) is 8.19. The van der Waals surface area contributed by atoms with Crippen LogP contribution < -0.4 is 10.1 Å². The fourth-order valence-corrected chi connectivity index (χ4v) is 1.82. The lowest BCUT2D eigenvalue weighted by Crippen LogP contribution is -2.17. The number of carbonyl (C=O) groups is 1. The van der Waals surface area contributed by atoms with Crippen molar-refractivity contribution in [1.29, 1.82) is 0 Å². The molecule has 0 aliphatic heterocycles. The molecule has 1 atom stereocenters. The lowest BCUT2D eigenvalue weighted by Gasteiger charge is -2.16. The van der Waals surface area contributed by atoms with E-state index in [-0.39, 0.29) is 53.7 Å². The van der Waals surface area contributed by atoms with Crippen LogP contribution in [0.4, 0.5) is 5.69 Å². The summed E-state index contributed by atoms with van der Waals surface area (Å²) in [5, 5.41) is 12.1. The molecule has 106 valence electrons. The third-order valence-electron chi connectivity index (χ3n) is 2.84. The van der Waals surface area contributed by atoms with Crippen LogP contribution in [0.25, 0.3) is 10.9 Å². The maximum atomic E-state index is 10.7. The number of methoxy groups -OCH3 is 1. The number of rotatable bonds is 6. The minimum Gasteiger partial charge on any atom is -0.497 e. The van der Waals surface area contributed by atoms with Gasteiger partial charge in [0.05, 0.1) is 23.8 Å². The largest absolute Gasteiger partial charge is 0.497 e. The van der Waals surface area contributed by atoms with Crippen LogP contribution >= 0.6 is 0 Å². The standard InChI is InChI=1S/C15H18N2O3/c1-10(5-6-14(18)19)17-13-9-12(20-2)8-11-4-3-7-16-15(11)13/h3-4,7-10,17H,5-6H2,1-2H3,(H,18,19)/i3D,4D,7D,9D. The summed E-state index contributed by atoms with van der Waals surface area (Å²) in [6.07, 6.45) is -0.0367. The van der Waals surface area contributed by atoms with Gasteiger partial charge in [-0.15, -0.1) is 0 Å². The van der Waals surface area contributed by atoms with Crippen molar-refractivity contribution in [2.24, 2.45) is 0 Å². The van der Waals surface area contributed by atoms with E-state index in [1.165, 1.54) is 13.2 Å². The number of fused-ring (bicyclic) bond motifs is 1. The van der Waals surface area contributed by atoms with Crippen molar-refractivity contribution >= 4 is 22.6 Å². The van der Waals surface area contributed by atoms with Gasteiger partial charge in [-0.2, -0.15) is 0 Å². The third kappa shape index (κ3) is 3.38. The van der Waals surface area contributed by atoms with Gasteiger partial charge in [0.15, 0.2) is 0 Å². The van der Waals surface area contributed by atoms with Crippen LogP contribution in [0.3, 0.4) is 0 Å². The van der Waals surface area contributed by atoms with Crippen LogP contribution in [0.15, 0.2) is 30.4 Å². The highest BCUT2D eigenvalue weighted by atomic mass is 16.5. The molecule has 5 heteroatoms. The molecule has 1 aromatic heterocycles. The fraction of sp³-hybridized carbons (Fsp3) is 0.333. The molecular weight excluding hydrogens is 256 g/mol. The van der Waals surface area contributed by atoms with Gasteiger partial charge < -0.3 is 15.2 Å². The molecule has 1 unspecified atom stereocenters. The number of nitrogens with one attached hydrogen (secondary N) is 1. The molecule has 2 N–H and O–H groups in total. The highest BCUT2D eigenvalue weighted by Gasteiger charge is 2.10. The number of anilines is 1. The van der Waals surface area contributed by atoms with E-state index >= 15 is 0 Å². The predicted octanol–water partition coefficient (Wildman–Crippen LogP) is 2.91. The Labute approximate surface area is 123 Å². The number of nitrogens with zero attached hydrogens (tertiary/aromatic N) is 1. The van der Waals surface area contributed by atoms with Gasteiger partial charge in [-0.05, 0) is 25.5 Å². The van der Waals surface area contributed by atoms with E-state index in [1.54, 1.807) is 6.92 Å². The number of ether oxygens (including phenoxy) is 1. The van der Waals surface area contributed by atoms with E-state index in [2.05, 4.69) is 10.3 Å². The SMILES string of the molecule is [2H]c1nc2c(NC(C)CCC(=O)O)c([2H])c(OC)cc2c([2H])c1[2H].